The summed E-state index contributed by atoms with van der Waals surface area (Å²) in [5, 5.41) is 4.15. The monoisotopic (exact) mass is 211 g/mol. The SMILES string of the molecule is Cc1nc2c(Br)cccn2n1. The maximum atomic E-state index is 4.22. The molecule has 3 nitrogen and oxygen atoms in total. The Morgan fingerprint density at radius 1 is 1.55 bits per heavy atom. The van der Waals surface area contributed by atoms with Gasteiger partial charge in [0.2, 0.25) is 0 Å². The summed E-state index contributed by atoms with van der Waals surface area (Å²) in [4.78, 5) is 4.22. The van der Waals surface area contributed by atoms with Crippen molar-refractivity contribution in [3.8, 4) is 0 Å². The molecule has 0 unspecified atom stereocenters. The first-order valence-electron chi connectivity index (χ1n) is 3.25. The van der Waals surface area contributed by atoms with E-state index in [1.807, 2.05) is 25.3 Å². The largest absolute Gasteiger partial charge is 0.220 e. The highest BCUT2D eigenvalue weighted by atomic mass is 79.9. The van der Waals surface area contributed by atoms with Gasteiger partial charge in [-0.05, 0) is 35.0 Å². The Kier molecular flexibility index (Phi) is 1.42. The number of rotatable bonds is 0. The van der Waals surface area contributed by atoms with Gasteiger partial charge in [-0.15, -0.1) is 0 Å². The fourth-order valence-electron chi connectivity index (χ4n) is 0.980. The molecule has 0 N–H and O–H groups in total. The van der Waals surface area contributed by atoms with Crippen LogP contribution in [0.15, 0.2) is 22.8 Å². The van der Waals surface area contributed by atoms with Crippen LogP contribution >= 0.6 is 15.9 Å². The molecule has 0 saturated carbocycles. The second-order valence-corrected chi connectivity index (χ2v) is 3.14. The van der Waals surface area contributed by atoms with Crippen LogP contribution in [0.5, 0.6) is 0 Å². The molecule has 11 heavy (non-hydrogen) atoms. The summed E-state index contributed by atoms with van der Waals surface area (Å²) in [6, 6.07) is 3.87. The molecular weight excluding hydrogens is 206 g/mol. The lowest BCUT2D eigenvalue weighted by Crippen LogP contribution is -1.85. The smallest absolute Gasteiger partial charge is 0.169 e. The highest BCUT2D eigenvalue weighted by Gasteiger charge is 2.00. The Labute approximate surface area is 72.2 Å². The lowest BCUT2D eigenvalue weighted by atomic mass is 10.5. The Hall–Kier alpha value is -0.900. The normalized spacial score (nSPS) is 10.7. The van der Waals surface area contributed by atoms with E-state index in [1.54, 1.807) is 4.52 Å². The fraction of sp³-hybridized carbons (Fsp3) is 0.143. The van der Waals surface area contributed by atoms with E-state index in [0.717, 1.165) is 15.9 Å². The van der Waals surface area contributed by atoms with E-state index in [1.165, 1.54) is 0 Å². The highest BCUT2D eigenvalue weighted by Crippen LogP contribution is 2.14. The number of nitrogens with zero attached hydrogens (tertiary/aromatic N) is 3. The topological polar surface area (TPSA) is 30.2 Å². The molecule has 0 atom stereocenters. The minimum absolute atomic E-state index is 0.789. The quantitative estimate of drug-likeness (QED) is 0.666. The molecule has 2 aromatic rings. The van der Waals surface area contributed by atoms with Crippen molar-refractivity contribution in [2.24, 2.45) is 0 Å². The first-order valence-corrected chi connectivity index (χ1v) is 4.04. The molecule has 0 aliphatic rings. The molecule has 2 heterocycles. The number of halogens is 1. The summed E-state index contributed by atoms with van der Waals surface area (Å²) in [5.41, 5.74) is 0.866. The zero-order valence-corrected chi connectivity index (χ0v) is 7.54. The number of pyridine rings is 1. The van der Waals surface area contributed by atoms with Crippen LogP contribution in [0.1, 0.15) is 5.82 Å². The predicted molar refractivity (Wildman–Crippen MR) is 45.4 cm³/mol. The standard InChI is InChI=1S/C7H6BrN3/c1-5-9-7-6(8)3-2-4-11(7)10-5/h2-4H,1H3. The van der Waals surface area contributed by atoms with Crippen molar-refractivity contribution in [2.45, 2.75) is 6.92 Å². The van der Waals surface area contributed by atoms with Gasteiger partial charge in [0.15, 0.2) is 5.65 Å². The van der Waals surface area contributed by atoms with E-state index in [2.05, 4.69) is 26.0 Å². The van der Waals surface area contributed by atoms with Gasteiger partial charge in [0.25, 0.3) is 0 Å². The van der Waals surface area contributed by atoms with Gasteiger partial charge in [0.05, 0.1) is 4.47 Å². The molecule has 0 saturated heterocycles. The predicted octanol–water partition coefficient (Wildman–Crippen LogP) is 1.80. The average Bonchev–Trinajstić information content (AvgIpc) is 2.31. The highest BCUT2D eigenvalue weighted by molar-refractivity contribution is 9.10. The van der Waals surface area contributed by atoms with E-state index < -0.39 is 0 Å². The average molecular weight is 212 g/mol. The summed E-state index contributed by atoms with van der Waals surface area (Å²) in [7, 11) is 0. The molecule has 0 fully saturated rings. The first kappa shape index (κ1) is 6.79. The van der Waals surface area contributed by atoms with Gasteiger partial charge in [-0.1, -0.05) is 0 Å². The van der Waals surface area contributed by atoms with Crippen LogP contribution in [0.4, 0.5) is 0 Å². The molecule has 0 radical (unpaired) electrons. The van der Waals surface area contributed by atoms with Gasteiger partial charge >= 0.3 is 0 Å². The van der Waals surface area contributed by atoms with Crippen LogP contribution < -0.4 is 0 Å². The third-order valence-electron chi connectivity index (χ3n) is 1.42. The Morgan fingerprint density at radius 2 is 2.36 bits per heavy atom. The minimum Gasteiger partial charge on any atom is -0.220 e. The summed E-state index contributed by atoms with van der Waals surface area (Å²) in [6.45, 7) is 1.87. The Morgan fingerprint density at radius 3 is 3.09 bits per heavy atom. The van der Waals surface area contributed by atoms with Gasteiger partial charge in [0.1, 0.15) is 5.82 Å². The summed E-state index contributed by atoms with van der Waals surface area (Å²) in [5.74, 6) is 0.789. The minimum atomic E-state index is 0.789. The fourth-order valence-corrected chi connectivity index (χ4v) is 1.40. The molecule has 2 rings (SSSR count). The van der Waals surface area contributed by atoms with Crippen LogP contribution in [0.25, 0.3) is 5.65 Å². The zero-order chi connectivity index (χ0) is 7.84. The number of hydrogen-bond donors (Lipinski definition) is 0. The van der Waals surface area contributed by atoms with Gasteiger partial charge in [-0.25, -0.2) is 9.50 Å². The van der Waals surface area contributed by atoms with Gasteiger partial charge in [-0.3, -0.25) is 0 Å². The molecular formula is C7H6BrN3. The van der Waals surface area contributed by atoms with Crippen molar-refractivity contribution < 1.29 is 0 Å². The third-order valence-corrected chi connectivity index (χ3v) is 2.04. The molecule has 56 valence electrons. The first-order chi connectivity index (χ1) is 5.27. The Balaban J connectivity index is 2.90. The van der Waals surface area contributed by atoms with Gasteiger partial charge < -0.3 is 0 Å². The number of aryl methyl sites for hydroxylation is 1. The molecule has 0 amide bonds. The zero-order valence-electron chi connectivity index (χ0n) is 5.95. The van der Waals surface area contributed by atoms with E-state index in [-0.39, 0.29) is 0 Å². The molecule has 4 heteroatoms. The van der Waals surface area contributed by atoms with Crippen LogP contribution in [-0.2, 0) is 0 Å². The summed E-state index contributed by atoms with van der Waals surface area (Å²) >= 11 is 3.39. The van der Waals surface area contributed by atoms with Crippen molar-refractivity contribution in [1.82, 2.24) is 14.6 Å². The van der Waals surface area contributed by atoms with E-state index in [4.69, 9.17) is 0 Å². The van der Waals surface area contributed by atoms with Crippen LogP contribution in [0, 0.1) is 6.92 Å². The molecule has 0 aliphatic heterocycles. The van der Waals surface area contributed by atoms with Crippen molar-refractivity contribution in [3.63, 3.8) is 0 Å². The van der Waals surface area contributed by atoms with E-state index in [9.17, 15) is 0 Å². The molecule has 0 aliphatic carbocycles. The third kappa shape index (κ3) is 1.03. The Bertz CT molecular complexity index is 393. The van der Waals surface area contributed by atoms with E-state index in [0.29, 0.717) is 0 Å². The summed E-state index contributed by atoms with van der Waals surface area (Å²) < 4.78 is 2.72. The maximum absolute atomic E-state index is 4.22. The van der Waals surface area contributed by atoms with Gasteiger partial charge in [0, 0.05) is 6.20 Å². The van der Waals surface area contributed by atoms with Gasteiger partial charge in [-0.2, -0.15) is 5.10 Å². The number of hydrogen-bond acceptors (Lipinski definition) is 2. The number of aromatic nitrogens is 3. The van der Waals surface area contributed by atoms with Crippen molar-refractivity contribution in [2.75, 3.05) is 0 Å². The summed E-state index contributed by atoms with van der Waals surface area (Å²) in [6.07, 6.45) is 1.88. The van der Waals surface area contributed by atoms with Crippen LogP contribution in [0.3, 0.4) is 0 Å². The molecule has 0 aromatic carbocycles. The lowest BCUT2D eigenvalue weighted by Gasteiger charge is -1.90. The van der Waals surface area contributed by atoms with E-state index >= 15 is 0 Å². The maximum Gasteiger partial charge on any atom is 0.169 e. The molecule has 0 bridgehead atoms. The second kappa shape index (κ2) is 2.30. The van der Waals surface area contributed by atoms with Crippen LogP contribution in [0.2, 0.25) is 0 Å². The molecule has 2 aromatic heterocycles. The van der Waals surface area contributed by atoms with Crippen molar-refractivity contribution in [3.05, 3.63) is 28.6 Å². The molecule has 0 spiro atoms. The van der Waals surface area contributed by atoms with Crippen molar-refractivity contribution >= 4 is 21.6 Å². The second-order valence-electron chi connectivity index (χ2n) is 2.28. The van der Waals surface area contributed by atoms with Crippen LogP contribution in [-0.4, -0.2) is 14.6 Å². The lowest BCUT2D eigenvalue weighted by molar-refractivity contribution is 0.929. The van der Waals surface area contributed by atoms with Crippen molar-refractivity contribution in [1.29, 1.82) is 0 Å². The number of fused-ring (bicyclic) bond motifs is 1.